The lowest BCUT2D eigenvalue weighted by Crippen LogP contribution is -2.01. The number of aryl methyl sites for hydroxylation is 1. The molecule has 2 aromatic carbocycles. The van der Waals surface area contributed by atoms with Crippen molar-refractivity contribution in [3.05, 3.63) is 63.6 Å². The van der Waals surface area contributed by atoms with E-state index >= 15 is 0 Å². The number of hydrogen-bond donors (Lipinski definition) is 1. The summed E-state index contributed by atoms with van der Waals surface area (Å²) in [6.45, 7) is 0.605. The van der Waals surface area contributed by atoms with E-state index < -0.39 is 0 Å². The first-order valence-electron chi connectivity index (χ1n) is 6.02. The molecule has 0 aliphatic rings. The van der Waals surface area contributed by atoms with Crippen LogP contribution in [0.5, 0.6) is 0 Å². The molecule has 0 saturated carbocycles. The highest BCUT2D eigenvalue weighted by atomic mass is 35.5. The summed E-state index contributed by atoms with van der Waals surface area (Å²) in [6.07, 6.45) is 0.887. The Morgan fingerprint density at radius 1 is 0.895 bits per heavy atom. The number of halogens is 3. The lowest BCUT2D eigenvalue weighted by atomic mass is 10.1. The highest BCUT2D eigenvalue weighted by molar-refractivity contribution is 6.36. The summed E-state index contributed by atoms with van der Waals surface area (Å²) < 4.78 is 0. The molecule has 0 aliphatic heterocycles. The molecule has 1 nitrogen and oxygen atoms in total. The van der Waals surface area contributed by atoms with Gasteiger partial charge in [0, 0.05) is 33.7 Å². The number of benzene rings is 2. The molecule has 19 heavy (non-hydrogen) atoms. The molecular formula is C15H14Cl3N. The topological polar surface area (TPSA) is 12.0 Å². The highest BCUT2D eigenvalue weighted by Gasteiger charge is 2.04. The summed E-state index contributed by atoms with van der Waals surface area (Å²) in [6, 6.07) is 13.7. The number of nitrogens with one attached hydrogen (secondary N) is 1. The van der Waals surface area contributed by atoms with E-state index in [1.807, 2.05) is 30.3 Å². The van der Waals surface area contributed by atoms with Crippen LogP contribution in [0.25, 0.3) is 0 Å². The minimum atomic E-state index is 0.605. The van der Waals surface area contributed by atoms with E-state index in [4.69, 9.17) is 34.8 Å². The smallest absolute Gasteiger partial charge is 0.0470 e. The molecule has 2 aromatic rings. The SMILES string of the molecule is ClCCc1ccc(NCc2c(Cl)cccc2Cl)cc1. The zero-order chi connectivity index (χ0) is 13.7. The Kier molecular flexibility index (Phi) is 5.38. The van der Waals surface area contributed by atoms with Crippen LogP contribution < -0.4 is 5.32 Å². The minimum Gasteiger partial charge on any atom is -0.381 e. The van der Waals surface area contributed by atoms with Gasteiger partial charge in [-0.1, -0.05) is 41.4 Å². The van der Waals surface area contributed by atoms with E-state index in [1.54, 1.807) is 0 Å². The molecule has 0 radical (unpaired) electrons. The second-order valence-corrected chi connectivity index (χ2v) is 5.38. The molecule has 100 valence electrons. The van der Waals surface area contributed by atoms with Gasteiger partial charge in [0.1, 0.15) is 0 Å². The normalized spacial score (nSPS) is 10.5. The van der Waals surface area contributed by atoms with E-state index in [0.717, 1.165) is 17.7 Å². The molecule has 0 bridgehead atoms. The first kappa shape index (κ1) is 14.5. The van der Waals surface area contributed by atoms with Crippen molar-refractivity contribution >= 4 is 40.5 Å². The van der Waals surface area contributed by atoms with Crippen LogP contribution in [0.3, 0.4) is 0 Å². The third kappa shape index (κ3) is 4.04. The zero-order valence-corrected chi connectivity index (χ0v) is 12.6. The van der Waals surface area contributed by atoms with Crippen molar-refractivity contribution in [3.63, 3.8) is 0 Å². The summed E-state index contributed by atoms with van der Waals surface area (Å²) in [5, 5.41) is 4.67. The Labute approximate surface area is 128 Å². The lowest BCUT2D eigenvalue weighted by molar-refractivity contribution is 1.13. The molecule has 0 amide bonds. The Hall–Kier alpha value is -0.890. The van der Waals surface area contributed by atoms with E-state index in [-0.39, 0.29) is 0 Å². The summed E-state index contributed by atoms with van der Waals surface area (Å²) in [4.78, 5) is 0. The van der Waals surface area contributed by atoms with Crippen LogP contribution in [0.2, 0.25) is 10.0 Å². The molecule has 0 heterocycles. The molecule has 0 aromatic heterocycles. The fraction of sp³-hybridized carbons (Fsp3) is 0.200. The largest absolute Gasteiger partial charge is 0.381 e. The van der Waals surface area contributed by atoms with Gasteiger partial charge in [0.25, 0.3) is 0 Å². The summed E-state index contributed by atoms with van der Waals surface area (Å²) in [7, 11) is 0. The first-order valence-corrected chi connectivity index (χ1v) is 7.31. The Balaban J connectivity index is 2.02. The molecule has 0 saturated heterocycles. The van der Waals surface area contributed by atoms with Crippen molar-refractivity contribution in [2.24, 2.45) is 0 Å². The first-order chi connectivity index (χ1) is 9.20. The highest BCUT2D eigenvalue weighted by Crippen LogP contribution is 2.25. The molecule has 2 rings (SSSR count). The van der Waals surface area contributed by atoms with Crippen molar-refractivity contribution in [1.29, 1.82) is 0 Å². The fourth-order valence-electron chi connectivity index (χ4n) is 1.79. The second kappa shape index (κ2) is 7.04. The van der Waals surface area contributed by atoms with E-state index in [1.165, 1.54) is 5.56 Å². The average Bonchev–Trinajstić information content (AvgIpc) is 2.40. The molecule has 1 N–H and O–H groups in total. The van der Waals surface area contributed by atoms with Gasteiger partial charge in [-0.05, 0) is 36.2 Å². The van der Waals surface area contributed by atoms with Crippen LogP contribution in [0.4, 0.5) is 5.69 Å². The number of anilines is 1. The van der Waals surface area contributed by atoms with Gasteiger partial charge in [-0.25, -0.2) is 0 Å². The van der Waals surface area contributed by atoms with Crippen molar-refractivity contribution < 1.29 is 0 Å². The van der Waals surface area contributed by atoms with Crippen molar-refractivity contribution in [2.75, 3.05) is 11.2 Å². The van der Waals surface area contributed by atoms with Crippen LogP contribution in [-0.2, 0) is 13.0 Å². The molecule has 0 spiro atoms. The predicted octanol–water partition coefficient (Wildman–Crippen LogP) is 5.39. The summed E-state index contributed by atoms with van der Waals surface area (Å²) in [5.41, 5.74) is 3.18. The van der Waals surface area contributed by atoms with Gasteiger partial charge in [0.2, 0.25) is 0 Å². The maximum absolute atomic E-state index is 6.12. The molecule has 4 heteroatoms. The maximum atomic E-state index is 6.12. The molecule has 0 fully saturated rings. The fourth-order valence-corrected chi connectivity index (χ4v) is 2.54. The number of rotatable bonds is 5. The molecule has 0 unspecified atom stereocenters. The van der Waals surface area contributed by atoms with Gasteiger partial charge in [-0.3, -0.25) is 0 Å². The molecule has 0 aliphatic carbocycles. The van der Waals surface area contributed by atoms with Gasteiger partial charge in [-0.2, -0.15) is 0 Å². The average molecular weight is 315 g/mol. The van der Waals surface area contributed by atoms with Gasteiger partial charge in [0.15, 0.2) is 0 Å². The minimum absolute atomic E-state index is 0.605. The number of hydrogen-bond acceptors (Lipinski definition) is 1. The van der Waals surface area contributed by atoms with Gasteiger partial charge in [0.05, 0.1) is 0 Å². The van der Waals surface area contributed by atoms with Crippen LogP contribution in [-0.4, -0.2) is 5.88 Å². The van der Waals surface area contributed by atoms with E-state index in [0.29, 0.717) is 22.5 Å². The Morgan fingerprint density at radius 3 is 2.11 bits per heavy atom. The third-order valence-electron chi connectivity index (χ3n) is 2.87. The lowest BCUT2D eigenvalue weighted by Gasteiger charge is -2.10. The van der Waals surface area contributed by atoms with Crippen molar-refractivity contribution in [2.45, 2.75) is 13.0 Å². The third-order valence-corrected chi connectivity index (χ3v) is 3.77. The summed E-state index contributed by atoms with van der Waals surface area (Å²) >= 11 is 18.0. The van der Waals surface area contributed by atoms with Gasteiger partial charge >= 0.3 is 0 Å². The monoisotopic (exact) mass is 313 g/mol. The standard InChI is InChI=1S/C15H14Cl3N/c16-9-8-11-4-6-12(7-5-11)19-10-13-14(17)2-1-3-15(13)18/h1-7,19H,8-10H2. The number of alkyl halides is 1. The zero-order valence-electron chi connectivity index (χ0n) is 10.3. The Bertz CT molecular complexity index is 517. The predicted molar refractivity (Wildman–Crippen MR) is 84.7 cm³/mol. The quantitative estimate of drug-likeness (QED) is 0.730. The van der Waals surface area contributed by atoms with Gasteiger partial charge < -0.3 is 5.32 Å². The second-order valence-electron chi connectivity index (χ2n) is 4.19. The molecule has 0 atom stereocenters. The molecular weight excluding hydrogens is 301 g/mol. The van der Waals surface area contributed by atoms with Gasteiger partial charge in [-0.15, -0.1) is 11.6 Å². The summed E-state index contributed by atoms with van der Waals surface area (Å²) in [5.74, 6) is 0.641. The Morgan fingerprint density at radius 2 is 1.53 bits per heavy atom. The van der Waals surface area contributed by atoms with Crippen LogP contribution in [0.1, 0.15) is 11.1 Å². The van der Waals surface area contributed by atoms with Crippen molar-refractivity contribution in [3.8, 4) is 0 Å². The maximum Gasteiger partial charge on any atom is 0.0470 e. The van der Waals surface area contributed by atoms with Crippen LogP contribution >= 0.6 is 34.8 Å². The van der Waals surface area contributed by atoms with Crippen LogP contribution in [0, 0.1) is 0 Å². The van der Waals surface area contributed by atoms with E-state index in [9.17, 15) is 0 Å². The van der Waals surface area contributed by atoms with E-state index in [2.05, 4.69) is 17.4 Å². The van der Waals surface area contributed by atoms with Crippen LogP contribution in [0.15, 0.2) is 42.5 Å². The van der Waals surface area contributed by atoms with Crippen molar-refractivity contribution in [1.82, 2.24) is 0 Å².